The minimum Gasteiger partial charge on any atom is -0.507 e. The Balaban J connectivity index is 1.99. The van der Waals surface area contributed by atoms with E-state index in [0.29, 0.717) is 16.7 Å². The van der Waals surface area contributed by atoms with Gasteiger partial charge in [0.2, 0.25) is 0 Å². The summed E-state index contributed by atoms with van der Waals surface area (Å²) in [6.07, 6.45) is 1.43. The van der Waals surface area contributed by atoms with Gasteiger partial charge >= 0.3 is 0 Å². The zero-order valence-electron chi connectivity index (χ0n) is 11.8. The van der Waals surface area contributed by atoms with Crippen LogP contribution in [-0.4, -0.2) is 26.8 Å². The van der Waals surface area contributed by atoms with Crippen LogP contribution in [0.25, 0.3) is 0 Å². The smallest absolute Gasteiger partial charge is 0.280 e. The molecule has 5 nitrogen and oxygen atoms in total. The van der Waals surface area contributed by atoms with Crippen molar-refractivity contribution < 1.29 is 14.7 Å². The van der Waals surface area contributed by atoms with Gasteiger partial charge in [-0.15, -0.1) is 0 Å². The van der Waals surface area contributed by atoms with Crippen LogP contribution in [-0.2, 0) is 6.54 Å². The molecule has 1 aromatic heterocycles. The van der Waals surface area contributed by atoms with E-state index in [0.717, 1.165) is 10.5 Å². The first-order valence-corrected chi connectivity index (χ1v) is 6.60. The minimum atomic E-state index is -0.482. The summed E-state index contributed by atoms with van der Waals surface area (Å²) >= 11 is 0. The van der Waals surface area contributed by atoms with E-state index in [1.54, 1.807) is 26.0 Å². The van der Waals surface area contributed by atoms with Gasteiger partial charge in [0.25, 0.3) is 11.8 Å². The summed E-state index contributed by atoms with van der Waals surface area (Å²) in [4.78, 5) is 30.1. The fourth-order valence-electron chi connectivity index (χ4n) is 2.49. The van der Waals surface area contributed by atoms with Gasteiger partial charge in [-0.1, -0.05) is 18.2 Å². The predicted octanol–water partition coefficient (Wildman–Crippen LogP) is 2.20. The van der Waals surface area contributed by atoms with Crippen LogP contribution < -0.4 is 0 Å². The third-order valence-electron chi connectivity index (χ3n) is 3.74. The maximum absolute atomic E-state index is 12.5. The molecule has 1 aliphatic rings. The molecule has 0 spiro atoms. The summed E-state index contributed by atoms with van der Waals surface area (Å²) in [6, 6.07) is 7.14. The number of amides is 2. The van der Waals surface area contributed by atoms with E-state index in [-0.39, 0.29) is 23.9 Å². The number of hydrogen-bond acceptors (Lipinski definition) is 4. The minimum absolute atomic E-state index is 0.0394. The number of pyridine rings is 1. The van der Waals surface area contributed by atoms with Gasteiger partial charge in [0.05, 0.1) is 6.54 Å². The first-order chi connectivity index (χ1) is 10.0. The quantitative estimate of drug-likeness (QED) is 0.814. The summed E-state index contributed by atoms with van der Waals surface area (Å²) < 4.78 is 0. The summed E-state index contributed by atoms with van der Waals surface area (Å²) in [5.74, 6) is -0.765. The fraction of sp³-hybridized carbons (Fsp3) is 0.188. The summed E-state index contributed by atoms with van der Waals surface area (Å²) in [6.45, 7) is 3.57. The molecule has 106 valence electrons. The maximum atomic E-state index is 12.5. The number of carbonyl (C=O) groups is 2. The van der Waals surface area contributed by atoms with Crippen molar-refractivity contribution in [3.05, 3.63) is 58.4 Å². The Morgan fingerprint density at radius 3 is 2.71 bits per heavy atom. The van der Waals surface area contributed by atoms with E-state index in [1.165, 1.54) is 6.20 Å². The normalized spacial score (nSPS) is 13.4. The molecule has 2 heterocycles. The lowest BCUT2D eigenvalue weighted by atomic mass is 10.1. The lowest BCUT2D eigenvalue weighted by Crippen LogP contribution is -2.32. The molecule has 1 aromatic carbocycles. The second-order valence-corrected chi connectivity index (χ2v) is 5.12. The topological polar surface area (TPSA) is 70.5 Å². The third-order valence-corrected chi connectivity index (χ3v) is 3.74. The number of fused-ring (bicyclic) bond motifs is 1. The molecule has 0 radical (unpaired) electrons. The largest absolute Gasteiger partial charge is 0.507 e. The van der Waals surface area contributed by atoms with Crippen LogP contribution in [0.3, 0.4) is 0 Å². The van der Waals surface area contributed by atoms with Crippen molar-refractivity contribution in [2.75, 3.05) is 0 Å². The number of rotatable bonds is 1. The lowest BCUT2D eigenvalue weighted by Gasteiger charge is -2.15. The standard InChI is InChI=1S/C16H14N2O3/c1-9-7-17-13(10(2)14(9)19)16(21)18-8-11-5-3-4-6-12(11)15(18)20/h3-7H,8H2,1-2H3,(H,17,19). The molecular formula is C16H14N2O3. The number of carbonyl (C=O) groups excluding carboxylic acids is 2. The van der Waals surface area contributed by atoms with Crippen molar-refractivity contribution in [3.63, 3.8) is 0 Å². The number of aryl methyl sites for hydroxylation is 1. The van der Waals surface area contributed by atoms with E-state index in [4.69, 9.17) is 0 Å². The Bertz CT molecular complexity index is 768. The van der Waals surface area contributed by atoms with Gasteiger partial charge in [0, 0.05) is 22.9 Å². The van der Waals surface area contributed by atoms with Gasteiger partial charge in [-0.05, 0) is 25.5 Å². The highest BCUT2D eigenvalue weighted by atomic mass is 16.3. The van der Waals surface area contributed by atoms with Gasteiger partial charge in [0.15, 0.2) is 0 Å². The molecule has 0 aliphatic carbocycles. The number of nitrogens with zero attached hydrogens (tertiary/aromatic N) is 2. The van der Waals surface area contributed by atoms with Crippen molar-refractivity contribution >= 4 is 11.8 Å². The summed E-state index contributed by atoms with van der Waals surface area (Å²) in [5, 5.41) is 9.92. The van der Waals surface area contributed by atoms with Crippen LogP contribution >= 0.6 is 0 Å². The SMILES string of the molecule is Cc1cnc(C(=O)N2Cc3ccccc3C2=O)c(C)c1O. The molecule has 21 heavy (non-hydrogen) atoms. The molecule has 0 atom stereocenters. The van der Waals surface area contributed by atoms with Crippen LogP contribution in [0.2, 0.25) is 0 Å². The zero-order chi connectivity index (χ0) is 15.1. The van der Waals surface area contributed by atoms with Crippen molar-refractivity contribution in [2.45, 2.75) is 20.4 Å². The number of imide groups is 1. The molecule has 3 rings (SSSR count). The first kappa shape index (κ1) is 13.3. The highest BCUT2D eigenvalue weighted by Gasteiger charge is 2.33. The average molecular weight is 282 g/mol. The van der Waals surface area contributed by atoms with E-state index < -0.39 is 5.91 Å². The second-order valence-electron chi connectivity index (χ2n) is 5.12. The van der Waals surface area contributed by atoms with E-state index in [1.807, 2.05) is 12.1 Å². The van der Waals surface area contributed by atoms with Crippen molar-refractivity contribution in [3.8, 4) is 5.75 Å². The molecule has 2 amide bonds. The van der Waals surface area contributed by atoms with Gasteiger partial charge in [-0.25, -0.2) is 0 Å². The lowest BCUT2D eigenvalue weighted by molar-refractivity contribution is 0.0626. The van der Waals surface area contributed by atoms with Crippen molar-refractivity contribution in [2.24, 2.45) is 0 Å². The van der Waals surface area contributed by atoms with E-state index >= 15 is 0 Å². The fourth-order valence-corrected chi connectivity index (χ4v) is 2.49. The number of aromatic nitrogens is 1. The highest BCUT2D eigenvalue weighted by Crippen LogP contribution is 2.27. The molecule has 2 aromatic rings. The summed E-state index contributed by atoms with van der Waals surface area (Å²) in [5.41, 5.74) is 2.47. The zero-order valence-corrected chi connectivity index (χ0v) is 11.8. The molecule has 0 bridgehead atoms. The van der Waals surface area contributed by atoms with Gasteiger partial charge in [-0.2, -0.15) is 0 Å². The summed E-state index contributed by atoms with van der Waals surface area (Å²) in [7, 11) is 0. The van der Waals surface area contributed by atoms with Gasteiger partial charge in [0.1, 0.15) is 11.4 Å². The number of aromatic hydroxyl groups is 1. The van der Waals surface area contributed by atoms with Crippen LogP contribution in [0.5, 0.6) is 5.75 Å². The van der Waals surface area contributed by atoms with Crippen LogP contribution in [0.1, 0.15) is 37.5 Å². The monoisotopic (exact) mass is 282 g/mol. The molecule has 0 saturated heterocycles. The first-order valence-electron chi connectivity index (χ1n) is 6.60. The molecule has 0 fully saturated rings. The Kier molecular flexibility index (Phi) is 2.97. The van der Waals surface area contributed by atoms with Crippen molar-refractivity contribution in [1.29, 1.82) is 0 Å². The van der Waals surface area contributed by atoms with Gasteiger partial charge in [-0.3, -0.25) is 19.5 Å². The molecule has 1 aliphatic heterocycles. The highest BCUT2D eigenvalue weighted by molar-refractivity contribution is 6.12. The second kappa shape index (κ2) is 4.70. The molecule has 0 unspecified atom stereocenters. The Labute approximate surface area is 121 Å². The molecule has 0 saturated carbocycles. The van der Waals surface area contributed by atoms with Crippen LogP contribution in [0, 0.1) is 13.8 Å². The van der Waals surface area contributed by atoms with E-state index in [2.05, 4.69) is 4.98 Å². The average Bonchev–Trinajstić information content (AvgIpc) is 2.82. The Morgan fingerprint density at radius 2 is 2.00 bits per heavy atom. The van der Waals surface area contributed by atoms with Crippen molar-refractivity contribution in [1.82, 2.24) is 9.88 Å². The Hall–Kier alpha value is -2.69. The van der Waals surface area contributed by atoms with Crippen LogP contribution in [0.4, 0.5) is 0 Å². The van der Waals surface area contributed by atoms with Gasteiger partial charge < -0.3 is 5.11 Å². The molecular weight excluding hydrogens is 268 g/mol. The predicted molar refractivity (Wildman–Crippen MR) is 76.0 cm³/mol. The molecule has 1 N–H and O–H groups in total. The third kappa shape index (κ3) is 1.98. The number of hydrogen-bond donors (Lipinski definition) is 1. The molecule has 5 heteroatoms. The number of benzene rings is 1. The Morgan fingerprint density at radius 1 is 1.29 bits per heavy atom. The maximum Gasteiger partial charge on any atom is 0.280 e. The van der Waals surface area contributed by atoms with E-state index in [9.17, 15) is 14.7 Å². The van der Waals surface area contributed by atoms with Crippen LogP contribution in [0.15, 0.2) is 30.5 Å².